The van der Waals surface area contributed by atoms with Crippen molar-refractivity contribution >= 4 is 28.3 Å². The van der Waals surface area contributed by atoms with Crippen molar-refractivity contribution in [2.75, 3.05) is 5.32 Å². The molecule has 4 aromatic rings. The Hall–Kier alpha value is -3.68. The van der Waals surface area contributed by atoms with Crippen LogP contribution in [0.3, 0.4) is 0 Å². The molecule has 0 spiro atoms. The van der Waals surface area contributed by atoms with Crippen LogP contribution in [0, 0.1) is 5.92 Å². The average Bonchev–Trinajstić information content (AvgIpc) is 3.07. The van der Waals surface area contributed by atoms with E-state index in [-0.39, 0.29) is 29.7 Å². The highest BCUT2D eigenvalue weighted by molar-refractivity contribution is 5.90. The van der Waals surface area contributed by atoms with E-state index in [1.165, 1.54) is 14.5 Å². The second-order valence-electron chi connectivity index (χ2n) is 8.00. The summed E-state index contributed by atoms with van der Waals surface area (Å²) in [6.45, 7) is 6.21. The topological polar surface area (TPSA) is 90.4 Å². The lowest BCUT2D eigenvalue weighted by Crippen LogP contribution is -2.29. The highest BCUT2D eigenvalue weighted by Crippen LogP contribution is 2.13. The first-order chi connectivity index (χ1) is 14.9. The number of rotatable bonds is 6. The number of hydrogen-bond acceptors (Lipinski definition) is 4. The molecule has 8 nitrogen and oxygen atoms in total. The van der Waals surface area contributed by atoms with Gasteiger partial charge in [0.25, 0.3) is 5.56 Å². The maximum atomic E-state index is 13.1. The van der Waals surface area contributed by atoms with E-state index in [2.05, 4.69) is 17.3 Å². The molecule has 2 aromatic carbocycles. The van der Waals surface area contributed by atoms with Gasteiger partial charge in [0.1, 0.15) is 6.54 Å². The smallest absolute Gasteiger partial charge is 0.324 e. The third-order valence-electron chi connectivity index (χ3n) is 5.17. The normalized spacial score (nSPS) is 11.5. The summed E-state index contributed by atoms with van der Waals surface area (Å²) < 4.78 is 4.02. The SMILES string of the molecule is CCc1ccc(NC(=O)Cn2nc3n(CC(C)C)c(=O)c4ccccc4n3c2=O)cc1. The summed E-state index contributed by atoms with van der Waals surface area (Å²) in [6.07, 6.45) is 0.914. The molecule has 0 saturated heterocycles. The number of aryl methyl sites for hydroxylation is 1. The van der Waals surface area contributed by atoms with Crippen molar-refractivity contribution in [3.63, 3.8) is 0 Å². The molecule has 0 fully saturated rings. The van der Waals surface area contributed by atoms with Gasteiger partial charge in [-0.15, -0.1) is 5.10 Å². The molecule has 2 aromatic heterocycles. The van der Waals surface area contributed by atoms with Gasteiger partial charge in [-0.05, 0) is 42.2 Å². The minimum Gasteiger partial charge on any atom is -0.324 e. The van der Waals surface area contributed by atoms with E-state index in [0.717, 1.165) is 11.1 Å². The monoisotopic (exact) mass is 419 g/mol. The fraction of sp³-hybridized carbons (Fsp3) is 0.304. The second kappa shape index (κ2) is 8.22. The fourth-order valence-electron chi connectivity index (χ4n) is 3.66. The van der Waals surface area contributed by atoms with Crippen LogP contribution in [0.25, 0.3) is 16.7 Å². The van der Waals surface area contributed by atoms with Gasteiger partial charge in [-0.2, -0.15) is 0 Å². The number of nitrogens with zero attached hydrogens (tertiary/aromatic N) is 4. The first-order valence-corrected chi connectivity index (χ1v) is 10.4. The molecular weight excluding hydrogens is 394 g/mol. The predicted octanol–water partition coefficient (Wildman–Crippen LogP) is 2.67. The number of carbonyl (C=O) groups is 1. The Morgan fingerprint density at radius 1 is 1.06 bits per heavy atom. The molecule has 4 rings (SSSR count). The van der Waals surface area contributed by atoms with Gasteiger partial charge in [-0.1, -0.05) is 45.0 Å². The highest BCUT2D eigenvalue weighted by atomic mass is 16.2. The minimum atomic E-state index is -0.458. The average molecular weight is 419 g/mol. The molecule has 0 bridgehead atoms. The Morgan fingerprint density at radius 2 is 1.77 bits per heavy atom. The van der Waals surface area contributed by atoms with Crippen LogP contribution in [0.15, 0.2) is 58.1 Å². The zero-order valence-electron chi connectivity index (χ0n) is 17.8. The number of fused-ring (bicyclic) bond motifs is 3. The lowest BCUT2D eigenvalue weighted by Gasteiger charge is -2.11. The molecular formula is C23H25N5O3. The maximum absolute atomic E-state index is 13.1. The van der Waals surface area contributed by atoms with Gasteiger partial charge in [0.2, 0.25) is 11.7 Å². The Morgan fingerprint density at radius 3 is 2.45 bits per heavy atom. The van der Waals surface area contributed by atoms with E-state index >= 15 is 0 Å². The van der Waals surface area contributed by atoms with E-state index in [4.69, 9.17) is 0 Å². The molecule has 31 heavy (non-hydrogen) atoms. The predicted molar refractivity (Wildman–Crippen MR) is 121 cm³/mol. The van der Waals surface area contributed by atoms with Gasteiger partial charge in [0.15, 0.2) is 0 Å². The lowest BCUT2D eigenvalue weighted by molar-refractivity contribution is -0.117. The van der Waals surface area contributed by atoms with Crippen LogP contribution < -0.4 is 16.6 Å². The van der Waals surface area contributed by atoms with Crippen LogP contribution >= 0.6 is 0 Å². The van der Waals surface area contributed by atoms with E-state index < -0.39 is 5.69 Å². The molecule has 160 valence electrons. The van der Waals surface area contributed by atoms with Crippen molar-refractivity contribution in [1.29, 1.82) is 0 Å². The highest BCUT2D eigenvalue weighted by Gasteiger charge is 2.19. The quantitative estimate of drug-likeness (QED) is 0.520. The number of benzene rings is 2. The second-order valence-corrected chi connectivity index (χ2v) is 8.00. The summed E-state index contributed by atoms with van der Waals surface area (Å²) >= 11 is 0. The molecule has 2 heterocycles. The standard InChI is InChI=1S/C23H25N5O3/c1-4-16-9-11-17(12-10-16)24-20(29)14-27-23(31)28-19-8-6-5-7-18(19)21(30)26(13-15(2)3)22(28)25-27/h5-12,15H,4,13-14H2,1-3H3,(H,24,29). The zero-order chi connectivity index (χ0) is 22.1. The summed E-state index contributed by atoms with van der Waals surface area (Å²) in [4.78, 5) is 38.7. The van der Waals surface area contributed by atoms with Crippen LogP contribution in [0.4, 0.5) is 5.69 Å². The Kier molecular flexibility index (Phi) is 5.46. The minimum absolute atomic E-state index is 0.178. The molecule has 0 radical (unpaired) electrons. The summed E-state index contributed by atoms with van der Waals surface area (Å²) in [5, 5.41) is 7.59. The van der Waals surface area contributed by atoms with Crippen molar-refractivity contribution < 1.29 is 4.79 Å². The summed E-state index contributed by atoms with van der Waals surface area (Å²) in [7, 11) is 0. The molecule has 1 N–H and O–H groups in total. The van der Waals surface area contributed by atoms with Crippen molar-refractivity contribution in [1.82, 2.24) is 18.7 Å². The van der Waals surface area contributed by atoms with Gasteiger partial charge < -0.3 is 5.32 Å². The van der Waals surface area contributed by atoms with Crippen molar-refractivity contribution in [2.45, 2.75) is 40.3 Å². The van der Waals surface area contributed by atoms with Crippen LogP contribution in [0.1, 0.15) is 26.3 Å². The van der Waals surface area contributed by atoms with E-state index in [9.17, 15) is 14.4 Å². The van der Waals surface area contributed by atoms with Crippen molar-refractivity contribution in [3.05, 3.63) is 74.9 Å². The molecule has 1 amide bonds. The Labute approximate surface area is 178 Å². The third-order valence-corrected chi connectivity index (χ3v) is 5.17. The molecule has 0 aliphatic heterocycles. The summed E-state index contributed by atoms with van der Waals surface area (Å²) in [5.41, 5.74) is 1.65. The van der Waals surface area contributed by atoms with Gasteiger partial charge in [-0.25, -0.2) is 13.9 Å². The molecule has 0 atom stereocenters. The van der Waals surface area contributed by atoms with E-state index in [1.54, 1.807) is 24.3 Å². The van der Waals surface area contributed by atoms with E-state index in [0.29, 0.717) is 23.1 Å². The number of aromatic nitrogens is 4. The first kappa shape index (κ1) is 20.6. The molecule has 0 saturated carbocycles. The number of hydrogen-bond donors (Lipinski definition) is 1. The van der Waals surface area contributed by atoms with Crippen molar-refractivity contribution in [3.8, 4) is 0 Å². The Bertz CT molecular complexity index is 1380. The van der Waals surface area contributed by atoms with Crippen LogP contribution in [-0.4, -0.2) is 24.7 Å². The Balaban J connectivity index is 1.76. The van der Waals surface area contributed by atoms with Gasteiger partial charge >= 0.3 is 5.69 Å². The van der Waals surface area contributed by atoms with E-state index in [1.807, 2.05) is 38.1 Å². The molecule has 0 unspecified atom stereocenters. The summed E-state index contributed by atoms with van der Waals surface area (Å²) in [5.74, 6) is 0.0524. The van der Waals surface area contributed by atoms with Gasteiger partial charge in [-0.3, -0.25) is 14.2 Å². The van der Waals surface area contributed by atoms with Crippen molar-refractivity contribution in [2.24, 2.45) is 5.92 Å². The molecule has 8 heteroatoms. The number of anilines is 1. The van der Waals surface area contributed by atoms with Crippen LogP contribution in [0.5, 0.6) is 0 Å². The van der Waals surface area contributed by atoms with Gasteiger partial charge in [0.05, 0.1) is 10.9 Å². The summed E-state index contributed by atoms with van der Waals surface area (Å²) in [6, 6.07) is 14.5. The van der Waals surface area contributed by atoms with Crippen LogP contribution in [0.2, 0.25) is 0 Å². The number of para-hydroxylation sites is 1. The van der Waals surface area contributed by atoms with Gasteiger partial charge in [0, 0.05) is 12.2 Å². The zero-order valence-corrected chi connectivity index (χ0v) is 17.8. The molecule has 0 aliphatic carbocycles. The number of amides is 1. The maximum Gasteiger partial charge on any atom is 0.352 e. The number of nitrogens with one attached hydrogen (secondary N) is 1. The molecule has 0 aliphatic rings. The first-order valence-electron chi connectivity index (χ1n) is 10.4. The van der Waals surface area contributed by atoms with Crippen LogP contribution in [-0.2, 0) is 24.3 Å². The largest absolute Gasteiger partial charge is 0.352 e. The fourth-order valence-corrected chi connectivity index (χ4v) is 3.66. The number of carbonyl (C=O) groups excluding carboxylic acids is 1. The lowest BCUT2D eigenvalue weighted by atomic mass is 10.1. The third kappa shape index (κ3) is 3.88.